The molecule has 0 aromatic heterocycles. The summed E-state index contributed by atoms with van der Waals surface area (Å²) in [4.78, 5) is 0. The van der Waals surface area contributed by atoms with Crippen LogP contribution in [0.3, 0.4) is 0 Å². The van der Waals surface area contributed by atoms with Crippen LogP contribution >= 0.6 is 0 Å². The van der Waals surface area contributed by atoms with Crippen LogP contribution in [0.1, 0.15) is 77.0 Å². The molecule has 0 heterocycles. The van der Waals surface area contributed by atoms with Crippen molar-refractivity contribution in [1.82, 2.24) is 0 Å². The maximum absolute atomic E-state index is 6.42. The Morgan fingerprint density at radius 2 is 1.35 bits per heavy atom. The van der Waals surface area contributed by atoms with Gasteiger partial charge in [0, 0.05) is 7.11 Å². The maximum atomic E-state index is 6.42. The third-order valence-electron chi connectivity index (χ3n) is 5.25. The average molecular weight is 385 g/mol. The van der Waals surface area contributed by atoms with Gasteiger partial charge in [-0.3, -0.25) is 0 Å². The van der Waals surface area contributed by atoms with Crippen molar-refractivity contribution in [2.75, 3.05) is 27.1 Å². The van der Waals surface area contributed by atoms with Crippen LogP contribution in [0, 0.1) is 0 Å². The molecule has 0 atom stereocenters. The highest BCUT2D eigenvalue weighted by Gasteiger charge is 2.29. The molecule has 0 aromatic rings. The number of hydrogen-bond acceptors (Lipinski definition) is 3. The zero-order valence-corrected chi connectivity index (χ0v) is 19.0. The van der Waals surface area contributed by atoms with Crippen molar-refractivity contribution in [3.8, 4) is 0 Å². The van der Waals surface area contributed by atoms with Crippen LogP contribution in [0.4, 0.5) is 0 Å². The summed E-state index contributed by atoms with van der Waals surface area (Å²) in [6.45, 7) is 8.82. The summed E-state index contributed by atoms with van der Waals surface area (Å²) < 4.78 is 17.1. The Kier molecular flexibility index (Phi) is 12.8. The second-order valence-electron chi connectivity index (χ2n) is 9.00. The fourth-order valence-corrected chi connectivity index (χ4v) is 4.48. The van der Waals surface area contributed by atoms with E-state index in [9.17, 15) is 0 Å². The summed E-state index contributed by atoms with van der Waals surface area (Å²) in [6.07, 6.45) is 18.0. The first-order valence-electron chi connectivity index (χ1n) is 10.9. The standard InChI is InChI=1S/C22H44O3Si/c1-23-18-19-24-21-25-22(17-14-20-26(2,3)4)15-12-10-8-6-5-7-9-11-13-16-22/h14,20H,5-13,15-19,21H2,1-4H3/b20-14+. The topological polar surface area (TPSA) is 27.7 Å². The minimum Gasteiger partial charge on any atom is -0.382 e. The molecule has 1 rings (SSSR count). The molecule has 0 unspecified atom stereocenters. The lowest BCUT2D eigenvalue weighted by atomic mass is 9.86. The molecular weight excluding hydrogens is 340 g/mol. The zero-order valence-electron chi connectivity index (χ0n) is 18.0. The van der Waals surface area contributed by atoms with Gasteiger partial charge in [-0.15, -0.1) is 0 Å². The van der Waals surface area contributed by atoms with Gasteiger partial charge in [0.15, 0.2) is 0 Å². The fourth-order valence-electron chi connectivity index (χ4n) is 3.66. The van der Waals surface area contributed by atoms with Gasteiger partial charge in [-0.1, -0.05) is 89.2 Å². The van der Waals surface area contributed by atoms with Crippen LogP contribution < -0.4 is 0 Å². The molecule has 1 fully saturated rings. The van der Waals surface area contributed by atoms with Crippen molar-refractivity contribution in [3.05, 3.63) is 11.8 Å². The first-order chi connectivity index (χ1) is 12.5. The third-order valence-corrected chi connectivity index (χ3v) is 6.49. The predicted octanol–water partition coefficient (Wildman–Crippen LogP) is 6.49. The molecule has 1 aliphatic carbocycles. The molecule has 154 valence electrons. The first-order valence-corrected chi connectivity index (χ1v) is 14.4. The molecule has 3 nitrogen and oxygen atoms in total. The van der Waals surface area contributed by atoms with Crippen molar-refractivity contribution >= 4 is 8.07 Å². The molecule has 0 aromatic carbocycles. The van der Waals surface area contributed by atoms with Crippen molar-refractivity contribution in [1.29, 1.82) is 0 Å². The van der Waals surface area contributed by atoms with E-state index in [1.807, 2.05) is 0 Å². The monoisotopic (exact) mass is 384 g/mol. The van der Waals surface area contributed by atoms with E-state index >= 15 is 0 Å². The second kappa shape index (κ2) is 13.9. The van der Waals surface area contributed by atoms with Gasteiger partial charge in [0.1, 0.15) is 6.79 Å². The molecule has 0 spiro atoms. The van der Waals surface area contributed by atoms with Gasteiger partial charge in [-0.2, -0.15) is 0 Å². The highest BCUT2D eigenvalue weighted by atomic mass is 28.3. The van der Waals surface area contributed by atoms with Gasteiger partial charge in [-0.25, -0.2) is 0 Å². The molecule has 26 heavy (non-hydrogen) atoms. The molecule has 0 radical (unpaired) electrons. The largest absolute Gasteiger partial charge is 0.382 e. The molecule has 0 N–H and O–H groups in total. The summed E-state index contributed by atoms with van der Waals surface area (Å²) >= 11 is 0. The Morgan fingerprint density at radius 3 is 1.85 bits per heavy atom. The first kappa shape index (κ1) is 23.9. The number of ether oxygens (including phenoxy) is 3. The van der Waals surface area contributed by atoms with Gasteiger partial charge in [0.2, 0.25) is 0 Å². The van der Waals surface area contributed by atoms with Crippen molar-refractivity contribution in [3.63, 3.8) is 0 Å². The lowest BCUT2D eigenvalue weighted by Crippen LogP contribution is -2.34. The number of rotatable bonds is 9. The molecule has 1 aliphatic rings. The van der Waals surface area contributed by atoms with Gasteiger partial charge in [0.05, 0.1) is 26.9 Å². The van der Waals surface area contributed by atoms with Crippen LogP contribution in [-0.2, 0) is 14.2 Å². The lowest BCUT2D eigenvalue weighted by molar-refractivity contribution is -0.153. The van der Waals surface area contributed by atoms with E-state index in [4.69, 9.17) is 14.2 Å². The molecule has 4 heteroatoms. The van der Waals surface area contributed by atoms with Gasteiger partial charge >= 0.3 is 0 Å². The fraction of sp³-hybridized carbons (Fsp3) is 0.909. The Bertz CT molecular complexity index is 351. The van der Waals surface area contributed by atoms with Gasteiger partial charge < -0.3 is 14.2 Å². The molecule has 0 aliphatic heterocycles. The van der Waals surface area contributed by atoms with E-state index in [-0.39, 0.29) is 5.60 Å². The van der Waals surface area contributed by atoms with E-state index < -0.39 is 8.07 Å². The summed E-state index contributed by atoms with van der Waals surface area (Å²) in [6, 6.07) is 0. The Balaban J connectivity index is 2.69. The predicted molar refractivity (Wildman–Crippen MR) is 114 cm³/mol. The van der Waals surface area contributed by atoms with E-state index in [0.29, 0.717) is 20.0 Å². The summed E-state index contributed by atoms with van der Waals surface area (Å²) in [5.41, 5.74) is 2.43. The van der Waals surface area contributed by atoms with Gasteiger partial charge in [0.25, 0.3) is 0 Å². The van der Waals surface area contributed by atoms with Crippen LogP contribution in [0.25, 0.3) is 0 Å². The molecule has 0 bridgehead atoms. The Hall–Kier alpha value is -0.163. The SMILES string of the molecule is COCCOCOC1(C/C=C/[Si](C)(C)C)CCCCCCCCCCC1. The molecular formula is C22H44O3Si. The van der Waals surface area contributed by atoms with E-state index in [1.54, 1.807) is 7.11 Å². The highest BCUT2D eigenvalue weighted by Crippen LogP contribution is 2.32. The number of hydrogen-bond donors (Lipinski definition) is 0. The summed E-state index contributed by atoms with van der Waals surface area (Å²) in [7, 11) is 0.545. The Labute approximate surface area is 163 Å². The van der Waals surface area contributed by atoms with Crippen molar-refractivity contribution in [2.24, 2.45) is 0 Å². The van der Waals surface area contributed by atoms with Gasteiger partial charge in [-0.05, 0) is 19.3 Å². The molecule has 1 saturated carbocycles. The molecule has 0 saturated heterocycles. The normalized spacial score (nSPS) is 20.6. The van der Waals surface area contributed by atoms with Crippen LogP contribution in [0.5, 0.6) is 0 Å². The van der Waals surface area contributed by atoms with Crippen molar-refractivity contribution in [2.45, 2.75) is 102 Å². The zero-order chi connectivity index (χ0) is 19.1. The van der Waals surface area contributed by atoms with Crippen molar-refractivity contribution < 1.29 is 14.2 Å². The maximum Gasteiger partial charge on any atom is 0.147 e. The van der Waals surface area contributed by atoms with Crippen LogP contribution in [-0.4, -0.2) is 40.8 Å². The lowest BCUT2D eigenvalue weighted by Gasteiger charge is -2.34. The Morgan fingerprint density at radius 1 is 0.808 bits per heavy atom. The molecule has 0 amide bonds. The quantitative estimate of drug-likeness (QED) is 0.258. The van der Waals surface area contributed by atoms with E-state index in [0.717, 1.165) is 19.3 Å². The average Bonchev–Trinajstić information content (AvgIpc) is 2.56. The van der Waals surface area contributed by atoms with Crippen LogP contribution in [0.2, 0.25) is 19.6 Å². The minimum absolute atomic E-state index is 0.0393. The van der Waals surface area contributed by atoms with Crippen LogP contribution in [0.15, 0.2) is 11.8 Å². The van der Waals surface area contributed by atoms with E-state index in [2.05, 4.69) is 31.4 Å². The third kappa shape index (κ3) is 12.3. The minimum atomic E-state index is -1.16. The van der Waals surface area contributed by atoms with E-state index in [1.165, 1.54) is 57.8 Å². The summed E-state index contributed by atoms with van der Waals surface area (Å²) in [5, 5.41) is 0. The smallest absolute Gasteiger partial charge is 0.147 e. The second-order valence-corrected chi connectivity index (χ2v) is 14.1. The number of methoxy groups -OCH3 is 1. The summed E-state index contributed by atoms with van der Waals surface area (Å²) in [5.74, 6) is 0. The highest BCUT2D eigenvalue weighted by molar-refractivity contribution is 6.80.